The third-order valence-corrected chi connectivity index (χ3v) is 2.14. The van der Waals surface area contributed by atoms with Gasteiger partial charge in [-0.2, -0.15) is 0 Å². The minimum Gasteiger partial charge on any atom is -0.454 e. The van der Waals surface area contributed by atoms with E-state index in [2.05, 4.69) is 15.9 Å². The van der Waals surface area contributed by atoms with Crippen molar-refractivity contribution < 1.29 is 14.6 Å². The molecule has 12 heavy (non-hydrogen) atoms. The molecule has 64 valence electrons. The van der Waals surface area contributed by atoms with E-state index in [1.54, 1.807) is 0 Å². The first-order valence-corrected chi connectivity index (χ1v) is 4.29. The highest BCUT2D eigenvalue weighted by Crippen LogP contribution is 2.38. The zero-order valence-electron chi connectivity index (χ0n) is 6.21. The Labute approximate surface area is 78.0 Å². The maximum Gasteiger partial charge on any atom is 0.231 e. The van der Waals surface area contributed by atoms with Gasteiger partial charge in [-0.25, -0.2) is 0 Å². The molecule has 0 radical (unpaired) electrons. The standard InChI is InChI=1S/C8H7BrO3/c9-6-1-5(3-10)8-7(2-6)11-4-12-8/h1-2,10H,3-4H2. The van der Waals surface area contributed by atoms with Gasteiger partial charge in [0.2, 0.25) is 6.79 Å². The molecule has 4 heteroatoms. The highest BCUT2D eigenvalue weighted by atomic mass is 79.9. The molecule has 1 heterocycles. The maximum absolute atomic E-state index is 8.97. The van der Waals surface area contributed by atoms with E-state index in [0.717, 1.165) is 10.0 Å². The van der Waals surface area contributed by atoms with Gasteiger partial charge in [0.1, 0.15) is 0 Å². The third-order valence-electron chi connectivity index (χ3n) is 1.68. The predicted octanol–water partition coefficient (Wildman–Crippen LogP) is 1.67. The number of fused-ring (bicyclic) bond motifs is 1. The van der Waals surface area contributed by atoms with Gasteiger partial charge in [0.25, 0.3) is 0 Å². The van der Waals surface area contributed by atoms with E-state index in [1.165, 1.54) is 0 Å². The van der Waals surface area contributed by atoms with Gasteiger partial charge in [-0.05, 0) is 12.1 Å². The number of hydrogen-bond donors (Lipinski definition) is 1. The first kappa shape index (κ1) is 7.89. The first-order valence-electron chi connectivity index (χ1n) is 3.50. The van der Waals surface area contributed by atoms with Gasteiger partial charge in [0.05, 0.1) is 6.61 Å². The van der Waals surface area contributed by atoms with Crippen LogP contribution in [0.1, 0.15) is 5.56 Å². The second-order valence-corrected chi connectivity index (χ2v) is 3.37. The Morgan fingerprint density at radius 3 is 3.00 bits per heavy atom. The lowest BCUT2D eigenvalue weighted by Gasteiger charge is -2.02. The van der Waals surface area contributed by atoms with Gasteiger partial charge >= 0.3 is 0 Å². The Kier molecular flexibility index (Phi) is 1.94. The molecule has 3 nitrogen and oxygen atoms in total. The maximum atomic E-state index is 8.97. The lowest BCUT2D eigenvalue weighted by molar-refractivity contribution is 0.171. The van der Waals surface area contributed by atoms with Crippen molar-refractivity contribution in [2.45, 2.75) is 6.61 Å². The fraction of sp³-hybridized carbons (Fsp3) is 0.250. The van der Waals surface area contributed by atoms with Crippen molar-refractivity contribution in [1.29, 1.82) is 0 Å². The molecule has 0 saturated heterocycles. The summed E-state index contributed by atoms with van der Waals surface area (Å²) in [4.78, 5) is 0. The van der Waals surface area contributed by atoms with Crippen LogP contribution in [0.25, 0.3) is 0 Å². The molecule has 1 aromatic carbocycles. The number of aliphatic hydroxyl groups excluding tert-OH is 1. The summed E-state index contributed by atoms with van der Waals surface area (Å²) in [7, 11) is 0. The number of ether oxygens (including phenoxy) is 2. The molecule has 0 amide bonds. The van der Waals surface area contributed by atoms with E-state index < -0.39 is 0 Å². The summed E-state index contributed by atoms with van der Waals surface area (Å²) >= 11 is 3.31. The smallest absolute Gasteiger partial charge is 0.231 e. The molecular formula is C8H7BrO3. The molecule has 0 saturated carbocycles. The summed E-state index contributed by atoms with van der Waals surface area (Å²) in [6.07, 6.45) is 0. The lowest BCUT2D eigenvalue weighted by atomic mass is 10.2. The van der Waals surface area contributed by atoms with E-state index in [-0.39, 0.29) is 13.4 Å². The zero-order valence-corrected chi connectivity index (χ0v) is 7.80. The van der Waals surface area contributed by atoms with Crippen LogP contribution < -0.4 is 9.47 Å². The van der Waals surface area contributed by atoms with Crippen LogP contribution in [-0.4, -0.2) is 11.9 Å². The fourth-order valence-electron chi connectivity index (χ4n) is 1.16. The topological polar surface area (TPSA) is 38.7 Å². The van der Waals surface area contributed by atoms with Crippen LogP contribution in [0.15, 0.2) is 16.6 Å². The molecule has 1 aliphatic rings. The average molecular weight is 231 g/mol. The number of rotatable bonds is 1. The molecule has 1 N–H and O–H groups in total. The largest absolute Gasteiger partial charge is 0.454 e. The zero-order chi connectivity index (χ0) is 8.55. The molecule has 0 aliphatic carbocycles. The number of hydrogen-bond acceptors (Lipinski definition) is 3. The van der Waals surface area contributed by atoms with Gasteiger partial charge in [-0.15, -0.1) is 0 Å². The van der Waals surface area contributed by atoms with Crippen molar-refractivity contribution in [2.75, 3.05) is 6.79 Å². The molecule has 0 unspecified atom stereocenters. The normalized spacial score (nSPS) is 13.5. The monoisotopic (exact) mass is 230 g/mol. The Morgan fingerprint density at radius 1 is 1.42 bits per heavy atom. The van der Waals surface area contributed by atoms with Gasteiger partial charge in [0, 0.05) is 10.0 Å². The molecule has 1 aliphatic heterocycles. The van der Waals surface area contributed by atoms with Crippen molar-refractivity contribution in [3.8, 4) is 11.5 Å². The summed E-state index contributed by atoms with van der Waals surface area (Å²) < 4.78 is 11.2. The predicted molar refractivity (Wildman–Crippen MR) is 46.2 cm³/mol. The van der Waals surface area contributed by atoms with Crippen LogP contribution in [0.2, 0.25) is 0 Å². The summed E-state index contributed by atoms with van der Waals surface area (Å²) in [5.41, 5.74) is 0.747. The molecule has 2 rings (SSSR count). The lowest BCUT2D eigenvalue weighted by Crippen LogP contribution is -1.94. The molecule has 0 atom stereocenters. The summed E-state index contributed by atoms with van der Waals surface area (Å²) in [5.74, 6) is 1.34. The first-order chi connectivity index (χ1) is 5.81. The summed E-state index contributed by atoms with van der Waals surface area (Å²) in [6.45, 7) is 0.198. The van der Waals surface area contributed by atoms with Crippen molar-refractivity contribution in [2.24, 2.45) is 0 Å². The Bertz CT molecular complexity index is 311. The van der Waals surface area contributed by atoms with E-state index in [0.29, 0.717) is 11.5 Å². The Balaban J connectivity index is 2.55. The van der Waals surface area contributed by atoms with E-state index in [1.807, 2.05) is 12.1 Å². The fourth-order valence-corrected chi connectivity index (χ4v) is 1.65. The molecule has 0 spiro atoms. The number of halogens is 1. The minimum atomic E-state index is -0.0366. The van der Waals surface area contributed by atoms with E-state index >= 15 is 0 Å². The van der Waals surface area contributed by atoms with Gasteiger partial charge in [-0.1, -0.05) is 15.9 Å². The van der Waals surface area contributed by atoms with Crippen LogP contribution in [0.4, 0.5) is 0 Å². The highest BCUT2D eigenvalue weighted by Gasteiger charge is 2.17. The second kappa shape index (κ2) is 2.95. The van der Waals surface area contributed by atoms with Crippen molar-refractivity contribution >= 4 is 15.9 Å². The molecular weight excluding hydrogens is 224 g/mol. The molecule has 1 aromatic rings. The van der Waals surface area contributed by atoms with E-state index in [4.69, 9.17) is 14.6 Å². The highest BCUT2D eigenvalue weighted by molar-refractivity contribution is 9.10. The van der Waals surface area contributed by atoms with Crippen LogP contribution in [0, 0.1) is 0 Å². The van der Waals surface area contributed by atoms with Gasteiger partial charge < -0.3 is 14.6 Å². The third kappa shape index (κ3) is 1.17. The van der Waals surface area contributed by atoms with Crippen molar-refractivity contribution in [3.63, 3.8) is 0 Å². The number of benzene rings is 1. The summed E-state index contributed by atoms with van der Waals surface area (Å²) in [6, 6.07) is 3.63. The van der Waals surface area contributed by atoms with Gasteiger partial charge in [0.15, 0.2) is 11.5 Å². The van der Waals surface area contributed by atoms with Crippen LogP contribution >= 0.6 is 15.9 Å². The van der Waals surface area contributed by atoms with Crippen LogP contribution in [0.5, 0.6) is 11.5 Å². The van der Waals surface area contributed by atoms with Gasteiger partial charge in [-0.3, -0.25) is 0 Å². The molecule has 0 fully saturated rings. The quantitative estimate of drug-likeness (QED) is 0.798. The Morgan fingerprint density at radius 2 is 2.25 bits per heavy atom. The number of aliphatic hydroxyl groups is 1. The van der Waals surface area contributed by atoms with E-state index in [9.17, 15) is 0 Å². The van der Waals surface area contributed by atoms with Crippen molar-refractivity contribution in [3.05, 3.63) is 22.2 Å². The van der Waals surface area contributed by atoms with Crippen LogP contribution in [0.3, 0.4) is 0 Å². The van der Waals surface area contributed by atoms with Crippen LogP contribution in [-0.2, 0) is 6.61 Å². The SMILES string of the molecule is OCc1cc(Br)cc2c1OCO2. The summed E-state index contributed by atoms with van der Waals surface area (Å²) in [5, 5.41) is 8.97. The Hall–Kier alpha value is -0.740. The minimum absolute atomic E-state index is 0.0366. The average Bonchev–Trinajstić information content (AvgIpc) is 2.50. The molecule has 0 aromatic heterocycles. The van der Waals surface area contributed by atoms with Crippen molar-refractivity contribution in [1.82, 2.24) is 0 Å². The second-order valence-electron chi connectivity index (χ2n) is 2.46. The molecule has 0 bridgehead atoms.